The minimum absolute atomic E-state index is 0.183. The lowest BCUT2D eigenvalue weighted by Crippen LogP contribution is -2.47. The fourth-order valence-electron chi connectivity index (χ4n) is 2.70. The number of benzene rings is 1. The molecular formula is C15H20FNO2. The van der Waals surface area contributed by atoms with Crippen molar-refractivity contribution in [1.82, 2.24) is 0 Å². The molecule has 0 amide bonds. The van der Waals surface area contributed by atoms with Gasteiger partial charge >= 0.3 is 0 Å². The summed E-state index contributed by atoms with van der Waals surface area (Å²) in [5.74, 6) is -0.688. The monoisotopic (exact) mass is 265 g/mol. The van der Waals surface area contributed by atoms with Gasteiger partial charge in [-0.25, -0.2) is 4.39 Å². The maximum Gasteiger partial charge on any atom is 0.164 e. The second-order valence-corrected chi connectivity index (χ2v) is 5.37. The molecule has 0 spiro atoms. The zero-order valence-corrected chi connectivity index (χ0v) is 11.7. The first kappa shape index (κ1) is 14.0. The van der Waals surface area contributed by atoms with Crippen LogP contribution in [0.1, 0.15) is 37.0 Å². The van der Waals surface area contributed by atoms with Crippen molar-refractivity contribution in [3.63, 3.8) is 0 Å². The van der Waals surface area contributed by atoms with Gasteiger partial charge in [0.05, 0.1) is 16.9 Å². The Morgan fingerprint density at radius 2 is 2.21 bits per heavy atom. The number of carbonyl (C=O) groups excluding carboxylic acids is 1. The predicted molar refractivity (Wildman–Crippen MR) is 73.3 cm³/mol. The highest BCUT2D eigenvalue weighted by Gasteiger charge is 2.32. The Balaban J connectivity index is 2.37. The van der Waals surface area contributed by atoms with Gasteiger partial charge in [-0.05, 0) is 38.8 Å². The van der Waals surface area contributed by atoms with Crippen LogP contribution >= 0.6 is 0 Å². The van der Waals surface area contributed by atoms with Gasteiger partial charge in [0, 0.05) is 20.2 Å². The molecule has 0 radical (unpaired) electrons. The van der Waals surface area contributed by atoms with E-state index in [2.05, 4.69) is 0 Å². The number of rotatable bonds is 3. The molecule has 0 aromatic heterocycles. The van der Waals surface area contributed by atoms with E-state index in [0.29, 0.717) is 12.2 Å². The molecule has 1 aromatic rings. The summed E-state index contributed by atoms with van der Waals surface area (Å²) < 4.78 is 19.4. The molecule has 3 nitrogen and oxygen atoms in total. The average molecular weight is 265 g/mol. The lowest BCUT2D eigenvalue weighted by molar-refractivity contribution is -0.00470. The van der Waals surface area contributed by atoms with Gasteiger partial charge in [-0.1, -0.05) is 6.07 Å². The third kappa shape index (κ3) is 2.78. The Bertz CT molecular complexity index is 489. The number of anilines is 1. The number of hydrogen-bond acceptors (Lipinski definition) is 3. The number of halogens is 1. The van der Waals surface area contributed by atoms with E-state index in [1.807, 2.05) is 11.8 Å². The van der Waals surface area contributed by atoms with E-state index in [9.17, 15) is 9.18 Å². The lowest BCUT2D eigenvalue weighted by atomic mass is 9.93. The molecule has 2 rings (SSSR count). The van der Waals surface area contributed by atoms with Crippen molar-refractivity contribution in [1.29, 1.82) is 0 Å². The molecule has 1 saturated heterocycles. The van der Waals surface area contributed by atoms with Crippen LogP contribution in [0.3, 0.4) is 0 Å². The second-order valence-electron chi connectivity index (χ2n) is 5.37. The van der Waals surface area contributed by atoms with Gasteiger partial charge in [0.25, 0.3) is 0 Å². The summed E-state index contributed by atoms with van der Waals surface area (Å²) in [6.45, 7) is 4.95. The van der Waals surface area contributed by atoms with Crippen molar-refractivity contribution in [2.45, 2.75) is 32.3 Å². The van der Waals surface area contributed by atoms with E-state index in [1.54, 1.807) is 19.2 Å². The molecule has 4 heteroatoms. The summed E-state index contributed by atoms with van der Waals surface area (Å²) in [6, 6.07) is 4.79. The number of carbonyl (C=O) groups is 1. The highest BCUT2D eigenvalue weighted by Crippen LogP contribution is 2.31. The molecular weight excluding hydrogens is 245 g/mol. The minimum Gasteiger partial charge on any atom is -0.377 e. The molecule has 0 saturated carbocycles. The standard InChI is InChI=1S/C15H20FNO2/c1-11(18)14-12(16)6-4-7-13(14)17-9-5-8-15(2,10-17)19-3/h4,6-7H,5,8-10H2,1-3H3/t15-/m0/s1. The van der Waals surface area contributed by atoms with E-state index < -0.39 is 5.82 Å². The van der Waals surface area contributed by atoms with Gasteiger partial charge in [-0.3, -0.25) is 4.79 Å². The molecule has 1 aliphatic heterocycles. The maximum atomic E-state index is 13.9. The van der Waals surface area contributed by atoms with E-state index in [-0.39, 0.29) is 16.9 Å². The number of piperidine rings is 1. The van der Waals surface area contributed by atoms with Crippen LogP contribution < -0.4 is 4.90 Å². The smallest absolute Gasteiger partial charge is 0.164 e. The molecule has 0 unspecified atom stereocenters. The van der Waals surface area contributed by atoms with Crippen molar-refractivity contribution < 1.29 is 13.9 Å². The summed E-state index contributed by atoms with van der Waals surface area (Å²) in [5.41, 5.74) is 0.622. The van der Waals surface area contributed by atoms with Gasteiger partial charge < -0.3 is 9.64 Å². The summed E-state index contributed by atoms with van der Waals surface area (Å²) in [5, 5.41) is 0. The lowest BCUT2D eigenvalue weighted by Gasteiger charge is -2.41. The Morgan fingerprint density at radius 1 is 1.47 bits per heavy atom. The zero-order valence-electron chi connectivity index (χ0n) is 11.7. The maximum absolute atomic E-state index is 13.9. The first-order chi connectivity index (χ1) is 8.97. The SMILES string of the molecule is CO[C@@]1(C)CCCN(c2cccc(F)c2C(C)=O)C1. The van der Waals surface area contributed by atoms with E-state index >= 15 is 0 Å². The van der Waals surface area contributed by atoms with Crippen molar-refractivity contribution in [3.8, 4) is 0 Å². The Morgan fingerprint density at radius 3 is 2.84 bits per heavy atom. The minimum atomic E-state index is -0.449. The van der Waals surface area contributed by atoms with E-state index in [1.165, 1.54) is 13.0 Å². The van der Waals surface area contributed by atoms with Gasteiger partial charge in [0.1, 0.15) is 5.82 Å². The number of methoxy groups -OCH3 is 1. The molecule has 0 bridgehead atoms. The van der Waals surface area contributed by atoms with E-state index in [4.69, 9.17) is 4.74 Å². The third-order valence-electron chi connectivity index (χ3n) is 3.84. The number of nitrogens with zero attached hydrogens (tertiary/aromatic N) is 1. The highest BCUT2D eigenvalue weighted by atomic mass is 19.1. The molecule has 1 heterocycles. The molecule has 19 heavy (non-hydrogen) atoms. The first-order valence-electron chi connectivity index (χ1n) is 6.56. The predicted octanol–water partition coefficient (Wildman–Crippen LogP) is 3.03. The number of ketones is 1. The van der Waals surface area contributed by atoms with Gasteiger partial charge in [0.15, 0.2) is 5.78 Å². The molecule has 1 aliphatic rings. The Labute approximate surface area is 113 Å². The summed E-state index contributed by atoms with van der Waals surface area (Å²) >= 11 is 0. The van der Waals surface area contributed by atoms with Crippen LogP contribution in [0.5, 0.6) is 0 Å². The van der Waals surface area contributed by atoms with Crippen LogP contribution in [0, 0.1) is 5.82 Å². The fourth-order valence-corrected chi connectivity index (χ4v) is 2.70. The Hall–Kier alpha value is -1.42. The summed E-state index contributed by atoms with van der Waals surface area (Å²) in [7, 11) is 1.70. The van der Waals surface area contributed by atoms with Crippen LogP contribution in [-0.4, -0.2) is 31.6 Å². The molecule has 104 valence electrons. The fraction of sp³-hybridized carbons (Fsp3) is 0.533. The van der Waals surface area contributed by atoms with Crippen molar-refractivity contribution in [3.05, 3.63) is 29.6 Å². The van der Waals surface area contributed by atoms with Gasteiger partial charge in [0.2, 0.25) is 0 Å². The van der Waals surface area contributed by atoms with Crippen LogP contribution in [0.2, 0.25) is 0 Å². The molecule has 1 fully saturated rings. The largest absolute Gasteiger partial charge is 0.377 e. The number of ether oxygens (including phenoxy) is 1. The van der Waals surface area contributed by atoms with Crippen molar-refractivity contribution >= 4 is 11.5 Å². The van der Waals surface area contributed by atoms with Crippen molar-refractivity contribution in [2.24, 2.45) is 0 Å². The second kappa shape index (κ2) is 5.29. The summed E-state index contributed by atoms with van der Waals surface area (Å²) in [4.78, 5) is 13.7. The summed E-state index contributed by atoms with van der Waals surface area (Å²) in [6.07, 6.45) is 1.95. The molecule has 0 N–H and O–H groups in total. The first-order valence-corrected chi connectivity index (χ1v) is 6.56. The van der Waals surface area contributed by atoms with Crippen LogP contribution in [0.25, 0.3) is 0 Å². The van der Waals surface area contributed by atoms with Crippen LogP contribution in [-0.2, 0) is 4.74 Å². The molecule has 1 atom stereocenters. The Kier molecular flexibility index (Phi) is 3.90. The quantitative estimate of drug-likeness (QED) is 0.787. The molecule has 0 aliphatic carbocycles. The van der Waals surface area contributed by atoms with Crippen LogP contribution in [0.4, 0.5) is 10.1 Å². The number of hydrogen-bond donors (Lipinski definition) is 0. The molecule has 1 aromatic carbocycles. The highest BCUT2D eigenvalue weighted by molar-refractivity contribution is 6.00. The van der Waals surface area contributed by atoms with Crippen LogP contribution in [0.15, 0.2) is 18.2 Å². The normalized spacial score (nSPS) is 23.5. The van der Waals surface area contributed by atoms with Gasteiger partial charge in [-0.2, -0.15) is 0 Å². The topological polar surface area (TPSA) is 29.5 Å². The van der Waals surface area contributed by atoms with Crippen molar-refractivity contribution in [2.75, 3.05) is 25.1 Å². The average Bonchev–Trinajstić information content (AvgIpc) is 2.38. The zero-order chi connectivity index (χ0) is 14.0. The number of Topliss-reactive ketones (excluding diaryl/α,β-unsaturated/α-hetero) is 1. The third-order valence-corrected chi connectivity index (χ3v) is 3.84. The van der Waals surface area contributed by atoms with Gasteiger partial charge in [-0.15, -0.1) is 0 Å². The van der Waals surface area contributed by atoms with E-state index in [0.717, 1.165) is 19.4 Å².